The Morgan fingerprint density at radius 3 is 2.25 bits per heavy atom. The fraction of sp³-hybridized carbons (Fsp3) is 0.143. The summed E-state index contributed by atoms with van der Waals surface area (Å²) >= 11 is 0. The molecule has 36 heavy (non-hydrogen) atoms. The minimum atomic E-state index is -0.490. The first-order valence-electron chi connectivity index (χ1n) is 11.4. The van der Waals surface area contributed by atoms with Crippen LogP contribution in [0.15, 0.2) is 90.0 Å². The minimum absolute atomic E-state index is 0.227. The lowest BCUT2D eigenvalue weighted by Gasteiger charge is -2.07. The van der Waals surface area contributed by atoms with Crippen LogP contribution in [0.1, 0.15) is 34.8 Å². The number of rotatable bonds is 11. The molecule has 8 nitrogen and oxygen atoms in total. The number of carbonyl (C=O) groups excluding carboxylic acids is 3. The summed E-state index contributed by atoms with van der Waals surface area (Å²) in [5.74, 6) is -0.272. The average molecular weight is 486 g/mol. The summed E-state index contributed by atoms with van der Waals surface area (Å²) in [6.45, 7) is 2.39. The van der Waals surface area contributed by atoms with Crippen molar-refractivity contribution < 1.29 is 23.9 Å². The van der Waals surface area contributed by atoms with Gasteiger partial charge in [-0.3, -0.25) is 9.59 Å². The van der Waals surface area contributed by atoms with Gasteiger partial charge in [0, 0.05) is 11.6 Å². The largest absolute Gasteiger partial charge is 0.494 e. The summed E-state index contributed by atoms with van der Waals surface area (Å²) < 4.78 is 10.7. The summed E-state index contributed by atoms with van der Waals surface area (Å²) in [5.41, 5.74) is 4.36. The lowest BCUT2D eigenvalue weighted by molar-refractivity contribution is -0.129. The first-order chi connectivity index (χ1) is 17.5. The summed E-state index contributed by atoms with van der Waals surface area (Å²) in [5, 5.41) is 6.41. The second-order valence-corrected chi connectivity index (χ2v) is 7.58. The fourth-order valence-electron chi connectivity index (χ4n) is 2.90. The van der Waals surface area contributed by atoms with Gasteiger partial charge in [-0.25, -0.2) is 10.2 Å². The van der Waals surface area contributed by atoms with Crippen LogP contribution in [0.25, 0.3) is 6.08 Å². The van der Waals surface area contributed by atoms with Crippen molar-refractivity contribution in [3.8, 4) is 11.5 Å². The van der Waals surface area contributed by atoms with Gasteiger partial charge in [0.05, 0.1) is 19.4 Å². The van der Waals surface area contributed by atoms with Crippen molar-refractivity contribution in [1.29, 1.82) is 0 Å². The standard InChI is InChI=1S/C28H27N3O5/c1-2-18-35-24-15-11-23(12-16-24)28(34)29-20-26(32)31-30-19-22-8-13-25(14-9-22)36-27(33)17-10-21-6-4-3-5-7-21/h3-17,19H,2,18,20H2,1H3,(H,29,34)(H,31,32)/b17-10+,30-19+. The quantitative estimate of drug-likeness (QED) is 0.141. The third kappa shape index (κ3) is 8.90. The maximum Gasteiger partial charge on any atom is 0.336 e. The number of hydrazone groups is 1. The number of amides is 2. The molecule has 0 fully saturated rings. The van der Waals surface area contributed by atoms with Crippen LogP contribution in [0.2, 0.25) is 0 Å². The van der Waals surface area contributed by atoms with Crippen molar-refractivity contribution in [2.75, 3.05) is 13.2 Å². The van der Waals surface area contributed by atoms with Crippen molar-refractivity contribution in [2.24, 2.45) is 5.10 Å². The highest BCUT2D eigenvalue weighted by Crippen LogP contribution is 2.13. The number of ether oxygens (including phenoxy) is 2. The molecule has 3 rings (SSSR count). The van der Waals surface area contributed by atoms with Crippen molar-refractivity contribution in [1.82, 2.24) is 10.7 Å². The van der Waals surface area contributed by atoms with Crippen LogP contribution in [0.3, 0.4) is 0 Å². The zero-order chi connectivity index (χ0) is 25.6. The normalized spacial score (nSPS) is 10.8. The van der Waals surface area contributed by atoms with Crippen molar-refractivity contribution in [2.45, 2.75) is 13.3 Å². The van der Waals surface area contributed by atoms with Gasteiger partial charge in [0.2, 0.25) is 0 Å². The van der Waals surface area contributed by atoms with E-state index in [0.717, 1.165) is 12.0 Å². The Morgan fingerprint density at radius 2 is 1.56 bits per heavy atom. The maximum absolute atomic E-state index is 12.2. The van der Waals surface area contributed by atoms with Crippen LogP contribution in [0.4, 0.5) is 0 Å². The Bertz CT molecular complexity index is 1200. The molecular formula is C28H27N3O5. The monoisotopic (exact) mass is 485 g/mol. The molecule has 0 saturated carbocycles. The van der Waals surface area contributed by atoms with Gasteiger partial charge in [-0.15, -0.1) is 0 Å². The molecule has 2 amide bonds. The number of nitrogens with one attached hydrogen (secondary N) is 2. The average Bonchev–Trinajstić information content (AvgIpc) is 2.91. The Morgan fingerprint density at radius 1 is 0.861 bits per heavy atom. The number of esters is 1. The molecule has 2 N–H and O–H groups in total. The minimum Gasteiger partial charge on any atom is -0.494 e. The van der Waals surface area contributed by atoms with E-state index >= 15 is 0 Å². The van der Waals surface area contributed by atoms with Gasteiger partial charge < -0.3 is 14.8 Å². The Labute approximate surface area is 209 Å². The van der Waals surface area contributed by atoms with E-state index in [1.807, 2.05) is 37.3 Å². The molecule has 0 aliphatic heterocycles. The second-order valence-electron chi connectivity index (χ2n) is 7.58. The van der Waals surface area contributed by atoms with Crippen molar-refractivity contribution in [3.05, 3.63) is 102 Å². The van der Waals surface area contributed by atoms with Crippen molar-refractivity contribution >= 4 is 30.1 Å². The SMILES string of the molecule is CCCOc1ccc(C(=O)NCC(=O)N/N=C/c2ccc(OC(=O)/C=C/c3ccccc3)cc2)cc1. The lowest BCUT2D eigenvalue weighted by atomic mass is 10.2. The van der Waals surface area contributed by atoms with E-state index in [2.05, 4.69) is 15.8 Å². The molecule has 0 aliphatic rings. The maximum atomic E-state index is 12.2. The molecule has 8 heteroatoms. The molecule has 0 unspecified atom stereocenters. The van der Waals surface area contributed by atoms with Gasteiger partial charge in [-0.05, 0) is 72.2 Å². The second kappa shape index (κ2) is 13.9. The van der Waals surface area contributed by atoms with Crippen LogP contribution in [0.5, 0.6) is 11.5 Å². The number of carbonyl (C=O) groups is 3. The Balaban J connectivity index is 1.39. The van der Waals surface area contributed by atoms with E-state index in [9.17, 15) is 14.4 Å². The molecule has 3 aromatic rings. The Kier molecular flexibility index (Phi) is 9.97. The predicted octanol–water partition coefficient (Wildman–Crippen LogP) is 3.97. The van der Waals surface area contributed by atoms with E-state index < -0.39 is 11.9 Å². The molecule has 0 bridgehead atoms. The molecule has 0 saturated heterocycles. The highest BCUT2D eigenvalue weighted by Gasteiger charge is 2.08. The molecule has 3 aromatic carbocycles. The third-order valence-corrected chi connectivity index (χ3v) is 4.71. The molecule has 184 valence electrons. The van der Waals surface area contributed by atoms with E-state index in [1.54, 1.807) is 54.6 Å². The highest BCUT2D eigenvalue weighted by atomic mass is 16.5. The van der Waals surface area contributed by atoms with Gasteiger partial charge in [-0.2, -0.15) is 5.10 Å². The smallest absolute Gasteiger partial charge is 0.336 e. The fourth-order valence-corrected chi connectivity index (χ4v) is 2.90. The highest BCUT2D eigenvalue weighted by molar-refractivity contribution is 5.96. The van der Waals surface area contributed by atoms with Crippen LogP contribution in [0, 0.1) is 0 Å². The van der Waals surface area contributed by atoms with Crippen LogP contribution >= 0.6 is 0 Å². The zero-order valence-corrected chi connectivity index (χ0v) is 19.8. The molecule has 0 aliphatic carbocycles. The topological polar surface area (TPSA) is 106 Å². The van der Waals surface area contributed by atoms with E-state index in [1.165, 1.54) is 12.3 Å². The van der Waals surface area contributed by atoms with E-state index in [4.69, 9.17) is 9.47 Å². The summed E-state index contributed by atoms with van der Waals surface area (Å²) in [6.07, 6.45) is 5.37. The summed E-state index contributed by atoms with van der Waals surface area (Å²) in [4.78, 5) is 36.1. The molecule has 0 heterocycles. The molecule has 0 aromatic heterocycles. The van der Waals surface area contributed by atoms with Gasteiger partial charge >= 0.3 is 5.97 Å². The molecule has 0 radical (unpaired) electrons. The summed E-state index contributed by atoms with van der Waals surface area (Å²) in [7, 11) is 0. The first-order valence-corrected chi connectivity index (χ1v) is 11.4. The van der Waals surface area contributed by atoms with Gasteiger partial charge in [-0.1, -0.05) is 37.3 Å². The molecule has 0 spiro atoms. The predicted molar refractivity (Wildman–Crippen MR) is 138 cm³/mol. The van der Waals surface area contributed by atoms with Crippen molar-refractivity contribution in [3.63, 3.8) is 0 Å². The number of hydrogen-bond donors (Lipinski definition) is 2. The zero-order valence-electron chi connectivity index (χ0n) is 19.8. The third-order valence-electron chi connectivity index (χ3n) is 4.71. The Hall–Kier alpha value is -4.72. The van der Waals surface area contributed by atoms with E-state index in [0.29, 0.717) is 29.2 Å². The van der Waals surface area contributed by atoms with Crippen LogP contribution in [-0.4, -0.2) is 37.1 Å². The van der Waals surface area contributed by atoms with Gasteiger partial charge in [0.1, 0.15) is 11.5 Å². The molecular weight excluding hydrogens is 458 g/mol. The number of benzene rings is 3. The number of nitrogens with zero attached hydrogens (tertiary/aromatic N) is 1. The van der Waals surface area contributed by atoms with Gasteiger partial charge in [0.15, 0.2) is 0 Å². The van der Waals surface area contributed by atoms with Gasteiger partial charge in [0.25, 0.3) is 11.8 Å². The lowest BCUT2D eigenvalue weighted by Crippen LogP contribution is -2.34. The van der Waals surface area contributed by atoms with Crippen LogP contribution in [-0.2, 0) is 9.59 Å². The molecule has 0 atom stereocenters. The van der Waals surface area contributed by atoms with E-state index in [-0.39, 0.29) is 12.5 Å². The first kappa shape index (κ1) is 25.9. The number of hydrogen-bond acceptors (Lipinski definition) is 6. The summed E-state index contributed by atoms with van der Waals surface area (Å²) in [6, 6.07) is 22.7. The van der Waals surface area contributed by atoms with Crippen LogP contribution < -0.4 is 20.2 Å².